The minimum Gasteiger partial charge on any atom is -0.349 e. The van der Waals surface area contributed by atoms with Crippen molar-refractivity contribution in [1.29, 1.82) is 0 Å². The van der Waals surface area contributed by atoms with Crippen molar-refractivity contribution in [3.63, 3.8) is 0 Å². The average molecular weight is 408 g/mol. The summed E-state index contributed by atoms with van der Waals surface area (Å²) in [4.78, 5) is 16.7. The Bertz CT molecular complexity index is 880. The summed E-state index contributed by atoms with van der Waals surface area (Å²) in [6.07, 6.45) is 4.39. The van der Waals surface area contributed by atoms with Gasteiger partial charge in [-0.1, -0.05) is 11.6 Å². The lowest BCUT2D eigenvalue weighted by Gasteiger charge is -2.31. The zero-order valence-corrected chi connectivity index (χ0v) is 16.6. The van der Waals surface area contributed by atoms with Crippen LogP contribution in [0.2, 0.25) is 5.02 Å². The number of amides is 1. The number of benzene rings is 1. The smallest absolute Gasteiger partial charge is 0.243 e. The Morgan fingerprint density at radius 2 is 1.74 bits per heavy atom. The highest BCUT2D eigenvalue weighted by Gasteiger charge is 2.32. The highest BCUT2D eigenvalue weighted by molar-refractivity contribution is 7.89. The van der Waals surface area contributed by atoms with Gasteiger partial charge in [-0.15, -0.1) is 0 Å². The average Bonchev–Trinajstić information content (AvgIpc) is 2.69. The van der Waals surface area contributed by atoms with Crippen LogP contribution >= 0.6 is 11.6 Å². The molecular weight excluding hydrogens is 386 g/mol. The molecular formula is C19H22ClN3O3S. The molecule has 0 aliphatic carbocycles. The van der Waals surface area contributed by atoms with Gasteiger partial charge in [0.25, 0.3) is 0 Å². The number of carbonyl (C=O) groups is 1. The van der Waals surface area contributed by atoms with Gasteiger partial charge >= 0.3 is 0 Å². The van der Waals surface area contributed by atoms with E-state index in [0.29, 0.717) is 31.0 Å². The molecule has 1 aromatic carbocycles. The van der Waals surface area contributed by atoms with Crippen LogP contribution in [0.4, 0.5) is 0 Å². The molecule has 27 heavy (non-hydrogen) atoms. The second-order valence-corrected chi connectivity index (χ2v) is 9.02. The van der Waals surface area contributed by atoms with Gasteiger partial charge in [-0.2, -0.15) is 4.31 Å². The number of hydrogen-bond donors (Lipinski definition) is 1. The normalized spacial score (nSPS) is 17.4. The lowest BCUT2D eigenvalue weighted by atomic mass is 9.96. The zero-order valence-electron chi connectivity index (χ0n) is 15.0. The topological polar surface area (TPSA) is 79.4 Å². The molecule has 2 heterocycles. The predicted molar refractivity (Wildman–Crippen MR) is 104 cm³/mol. The fourth-order valence-electron chi connectivity index (χ4n) is 3.18. The van der Waals surface area contributed by atoms with Crippen molar-refractivity contribution in [3.05, 3.63) is 59.4 Å². The molecule has 8 heteroatoms. The van der Waals surface area contributed by atoms with E-state index in [4.69, 9.17) is 11.6 Å². The van der Waals surface area contributed by atoms with Gasteiger partial charge in [-0.3, -0.25) is 9.78 Å². The molecule has 0 saturated carbocycles. The number of pyridine rings is 1. The van der Waals surface area contributed by atoms with Gasteiger partial charge < -0.3 is 5.32 Å². The van der Waals surface area contributed by atoms with Crippen molar-refractivity contribution in [1.82, 2.24) is 14.6 Å². The number of rotatable bonds is 5. The Hall–Kier alpha value is -1.96. The molecule has 1 aliphatic heterocycles. The molecule has 1 N–H and O–H groups in total. The number of piperidine rings is 1. The first kappa shape index (κ1) is 19.8. The molecule has 6 nitrogen and oxygen atoms in total. The molecule has 2 aromatic rings. The Kier molecular flexibility index (Phi) is 6.14. The summed E-state index contributed by atoms with van der Waals surface area (Å²) in [5.74, 6) is -0.228. The van der Waals surface area contributed by atoms with Crippen molar-refractivity contribution >= 4 is 27.5 Å². The van der Waals surface area contributed by atoms with Crippen LogP contribution in [0, 0.1) is 5.92 Å². The first-order valence-corrected chi connectivity index (χ1v) is 10.7. The molecule has 0 spiro atoms. The van der Waals surface area contributed by atoms with E-state index < -0.39 is 10.0 Å². The van der Waals surface area contributed by atoms with Crippen LogP contribution in [0.25, 0.3) is 0 Å². The van der Waals surface area contributed by atoms with Crippen LogP contribution in [0.5, 0.6) is 0 Å². The third kappa shape index (κ3) is 4.66. The Labute approximate surface area is 164 Å². The van der Waals surface area contributed by atoms with Crippen LogP contribution in [0.3, 0.4) is 0 Å². The van der Waals surface area contributed by atoms with E-state index in [-0.39, 0.29) is 22.8 Å². The van der Waals surface area contributed by atoms with Gasteiger partial charge in [-0.05, 0) is 61.7 Å². The van der Waals surface area contributed by atoms with E-state index in [1.807, 2.05) is 19.1 Å². The van der Waals surface area contributed by atoms with E-state index in [0.717, 1.165) is 5.56 Å². The first-order chi connectivity index (χ1) is 12.9. The molecule has 1 saturated heterocycles. The van der Waals surface area contributed by atoms with Gasteiger partial charge in [0.2, 0.25) is 15.9 Å². The first-order valence-electron chi connectivity index (χ1n) is 8.84. The van der Waals surface area contributed by atoms with Crippen molar-refractivity contribution in [3.8, 4) is 0 Å². The van der Waals surface area contributed by atoms with Crippen LogP contribution in [0.15, 0.2) is 53.7 Å². The second-order valence-electron chi connectivity index (χ2n) is 6.64. The number of halogens is 1. The minimum absolute atomic E-state index is 0.0390. The number of sulfonamides is 1. The van der Waals surface area contributed by atoms with Crippen molar-refractivity contribution in [2.45, 2.75) is 30.7 Å². The summed E-state index contributed by atoms with van der Waals surface area (Å²) >= 11 is 5.83. The maximum absolute atomic E-state index is 12.7. The summed E-state index contributed by atoms with van der Waals surface area (Å²) in [7, 11) is -3.56. The molecule has 1 unspecified atom stereocenters. The molecule has 144 valence electrons. The lowest BCUT2D eigenvalue weighted by Crippen LogP contribution is -2.43. The summed E-state index contributed by atoms with van der Waals surface area (Å²) in [6.45, 7) is 2.58. The standard InChI is InChI=1S/C19H22ClN3O3S/c1-14(15-6-10-21-11-7-15)22-19(24)16-8-12-23(13-9-16)27(25,26)18-4-2-17(20)3-5-18/h2-7,10-11,14,16H,8-9,12-13H2,1H3,(H,22,24). The van der Waals surface area contributed by atoms with Crippen molar-refractivity contribution in [2.75, 3.05) is 13.1 Å². The largest absolute Gasteiger partial charge is 0.349 e. The third-order valence-electron chi connectivity index (χ3n) is 4.84. The van der Waals surface area contributed by atoms with E-state index >= 15 is 0 Å². The predicted octanol–water partition coefficient (Wildman–Crippen LogP) is 3.01. The van der Waals surface area contributed by atoms with E-state index in [1.165, 1.54) is 16.4 Å². The zero-order chi connectivity index (χ0) is 19.4. The number of nitrogens with one attached hydrogen (secondary N) is 1. The van der Waals surface area contributed by atoms with Crippen molar-refractivity contribution < 1.29 is 13.2 Å². The van der Waals surface area contributed by atoms with Gasteiger partial charge in [0.1, 0.15) is 0 Å². The second kappa shape index (κ2) is 8.37. The van der Waals surface area contributed by atoms with Crippen LogP contribution < -0.4 is 5.32 Å². The number of nitrogens with zero attached hydrogens (tertiary/aromatic N) is 2. The third-order valence-corrected chi connectivity index (χ3v) is 7.01. The quantitative estimate of drug-likeness (QED) is 0.826. The Morgan fingerprint density at radius 1 is 1.15 bits per heavy atom. The highest BCUT2D eigenvalue weighted by atomic mass is 35.5. The SMILES string of the molecule is CC(NC(=O)C1CCN(S(=O)(=O)c2ccc(Cl)cc2)CC1)c1ccncc1. The highest BCUT2D eigenvalue weighted by Crippen LogP contribution is 2.25. The van der Waals surface area contributed by atoms with Gasteiger partial charge in [0, 0.05) is 36.4 Å². The number of hydrogen-bond acceptors (Lipinski definition) is 4. The van der Waals surface area contributed by atoms with E-state index in [9.17, 15) is 13.2 Å². The summed E-state index contributed by atoms with van der Waals surface area (Å²) in [6, 6.07) is 9.76. The molecule has 1 amide bonds. The number of carbonyl (C=O) groups excluding carboxylic acids is 1. The van der Waals surface area contributed by atoms with E-state index in [1.54, 1.807) is 24.5 Å². The van der Waals surface area contributed by atoms with E-state index in [2.05, 4.69) is 10.3 Å². The Balaban J connectivity index is 1.58. The summed E-state index contributed by atoms with van der Waals surface area (Å²) in [5.41, 5.74) is 0.987. The molecule has 1 fully saturated rings. The lowest BCUT2D eigenvalue weighted by molar-refractivity contribution is -0.126. The molecule has 1 atom stereocenters. The van der Waals surface area contributed by atoms with Crippen LogP contribution in [-0.2, 0) is 14.8 Å². The Morgan fingerprint density at radius 3 is 2.33 bits per heavy atom. The van der Waals surface area contributed by atoms with Gasteiger partial charge in [-0.25, -0.2) is 8.42 Å². The molecule has 1 aromatic heterocycles. The van der Waals surface area contributed by atoms with Gasteiger partial charge in [0.05, 0.1) is 10.9 Å². The minimum atomic E-state index is -3.56. The molecule has 1 aliphatic rings. The maximum Gasteiger partial charge on any atom is 0.243 e. The summed E-state index contributed by atoms with van der Waals surface area (Å²) in [5, 5.41) is 3.50. The van der Waals surface area contributed by atoms with Crippen LogP contribution in [0.1, 0.15) is 31.4 Å². The fraction of sp³-hybridized carbons (Fsp3) is 0.368. The number of aromatic nitrogens is 1. The molecule has 0 radical (unpaired) electrons. The van der Waals surface area contributed by atoms with Crippen molar-refractivity contribution in [2.24, 2.45) is 5.92 Å². The monoisotopic (exact) mass is 407 g/mol. The fourth-order valence-corrected chi connectivity index (χ4v) is 4.78. The molecule has 0 bridgehead atoms. The summed E-state index contributed by atoms with van der Waals surface area (Å²) < 4.78 is 26.9. The van der Waals surface area contributed by atoms with Gasteiger partial charge in [0.15, 0.2) is 0 Å². The molecule has 3 rings (SSSR count). The van der Waals surface area contributed by atoms with Crippen LogP contribution in [-0.4, -0.2) is 36.7 Å². The maximum atomic E-state index is 12.7.